The van der Waals surface area contributed by atoms with Crippen LogP contribution in [-0.2, 0) is 0 Å². The molecule has 0 heterocycles. The zero-order valence-electron chi connectivity index (χ0n) is 2.79. The lowest BCUT2D eigenvalue weighted by Gasteiger charge is -1.14. The topological polar surface area (TPSA) is 26.0 Å². The fourth-order valence-corrected chi connectivity index (χ4v) is 0. The van der Waals surface area contributed by atoms with Crippen LogP contribution in [-0.4, -0.2) is 7.98 Å². The molecule has 0 saturated heterocycles. The highest BCUT2D eigenvalue weighted by Crippen LogP contribution is 0.423. The zero-order valence-corrected chi connectivity index (χ0v) is 2.79. The summed E-state index contributed by atoms with van der Waals surface area (Å²) in [4.78, 5) is 0. The summed E-state index contributed by atoms with van der Waals surface area (Å²) in [6, 6.07) is 0. The second-order valence-corrected chi connectivity index (χ2v) is 0. The van der Waals surface area contributed by atoms with Gasteiger partial charge < -0.3 is 5.64 Å². The van der Waals surface area contributed by atoms with E-state index in [2.05, 4.69) is 13.6 Å². The van der Waals surface area contributed by atoms with E-state index in [9.17, 15) is 0 Å². The van der Waals surface area contributed by atoms with Crippen LogP contribution in [0.2, 0.25) is 0 Å². The van der Waals surface area contributed by atoms with E-state index in [-0.39, 0.29) is 18.8 Å². The number of halogens is 4. The smallest absolute Gasteiger partial charge is 0.174 e. The van der Waals surface area contributed by atoms with E-state index >= 15 is 0 Å². The van der Waals surface area contributed by atoms with E-state index in [4.69, 9.17) is 0 Å². The third kappa shape index (κ3) is 434. The van der Waals surface area contributed by atoms with E-state index in [1.807, 2.05) is 0 Å². The van der Waals surface area contributed by atoms with Crippen molar-refractivity contribution in [2.45, 2.75) is 0 Å². The molecule has 2 radical (unpaired) electrons. The largest absolute Gasteiger partial charge is 0.380 e. The van der Waals surface area contributed by atoms with E-state index in [0.29, 0.717) is 0 Å². The minimum Gasteiger partial charge on any atom is -0.380 e. The summed E-state index contributed by atoms with van der Waals surface area (Å²) in [5, 5.41) is 0. The Kier molecular flexibility index (Phi) is 39700. The molecule has 0 fully saturated rings. The van der Waals surface area contributed by atoms with Gasteiger partial charge in [-0.25, -0.2) is 0 Å². The molecule has 0 aliphatic rings. The Hall–Kier alpha value is -0.255. The van der Waals surface area contributed by atoms with Crippen molar-refractivity contribution in [1.29, 1.82) is 0 Å². The summed E-state index contributed by atoms with van der Waals surface area (Å²) >= 11 is 0. The van der Waals surface area contributed by atoms with Gasteiger partial charge in [-0.15, -0.1) is 0 Å². The summed E-state index contributed by atoms with van der Waals surface area (Å²) in [5.41, 5.74) is 4.00. The molecule has 0 saturated carbocycles. The minimum atomic E-state index is 0. The first-order chi connectivity index (χ1) is 1.00. The lowest BCUT2D eigenvalue weighted by Crippen LogP contribution is -1.75. The summed E-state index contributed by atoms with van der Waals surface area (Å²) in [5.74, 6) is 0. The number of nitrogens with two attached hydrogens (primary N) is 1. The van der Waals surface area contributed by atoms with Gasteiger partial charge in [0.1, 0.15) is 0 Å². The van der Waals surface area contributed by atoms with Crippen molar-refractivity contribution < 1.29 is 18.8 Å². The molecule has 0 amide bonds. The molecule has 0 aliphatic carbocycles. The lowest BCUT2D eigenvalue weighted by molar-refractivity contribution is 1.11. The first-order valence-electron chi connectivity index (χ1n) is 0.333. The Morgan fingerprint density at radius 1 is 0.667 bits per heavy atom. The van der Waals surface area contributed by atoms with Crippen molar-refractivity contribution in [2.24, 2.45) is 5.64 Å². The highest BCUT2D eigenvalue weighted by Gasteiger charge is 0.935. The van der Waals surface area contributed by atoms with E-state index < -0.39 is 0 Å². The van der Waals surface area contributed by atoms with Crippen molar-refractivity contribution in [2.75, 3.05) is 0 Å². The first-order valence-corrected chi connectivity index (χ1v) is 0.333. The molecule has 0 bridgehead atoms. The van der Waals surface area contributed by atoms with Gasteiger partial charge in [0.2, 0.25) is 0 Å². The molecular formula is H6BF4N. The third-order valence-corrected chi connectivity index (χ3v) is 0. The lowest BCUT2D eigenvalue weighted by atomic mass is 10.5. The van der Waals surface area contributed by atoms with Crippen LogP contribution >= 0.6 is 0 Å². The van der Waals surface area contributed by atoms with Crippen LogP contribution < -0.4 is 5.64 Å². The summed E-state index contributed by atoms with van der Waals surface area (Å²) < 4.78 is 0. The van der Waals surface area contributed by atoms with Crippen LogP contribution in [0.1, 0.15) is 0 Å². The summed E-state index contributed by atoms with van der Waals surface area (Å²) in [6.45, 7) is 0. The molecule has 0 aromatic rings. The van der Waals surface area contributed by atoms with Gasteiger partial charge >= 0.3 is 0 Å². The molecule has 6 heavy (non-hydrogen) atoms. The molecule has 0 aliphatic heterocycles. The van der Waals surface area contributed by atoms with Crippen LogP contribution in [0.5, 0.6) is 0 Å². The minimum absolute atomic E-state index is 0. The number of hydrogen-bond acceptors (Lipinski definition) is 1. The molecular weight excluding hydrogens is 101 g/mol. The Balaban J connectivity index is -0.000000000833. The predicted molar refractivity (Wildman–Crippen MR) is 20.0 cm³/mol. The number of hydrogen-bond donors (Lipinski definition) is 1. The van der Waals surface area contributed by atoms with Crippen LogP contribution in [0.4, 0.5) is 18.8 Å². The average Bonchev–Trinajstić information content (AvgIpc) is 1.00. The summed E-state index contributed by atoms with van der Waals surface area (Å²) in [6.07, 6.45) is 0. The molecule has 1 nitrogen and oxygen atoms in total. The van der Waals surface area contributed by atoms with Crippen molar-refractivity contribution >= 4 is 7.98 Å². The van der Waals surface area contributed by atoms with Gasteiger partial charge in [-0.05, 0) is 0 Å². The normalized spacial score (nSPS) is 0.833. The monoisotopic (exact) mass is 107 g/mol. The molecule has 0 aromatic carbocycles. The van der Waals surface area contributed by atoms with Crippen molar-refractivity contribution in [3.05, 3.63) is 0 Å². The molecule has 0 atom stereocenters. The number of rotatable bonds is 0. The maximum atomic E-state index is 4.00. The quantitative estimate of drug-likeness (QED) is 0.332. The predicted octanol–water partition coefficient (Wildman–Crippen LogP) is -0.361. The fourth-order valence-electron chi connectivity index (χ4n) is 0. The van der Waals surface area contributed by atoms with Crippen molar-refractivity contribution in [3.8, 4) is 0 Å². The van der Waals surface area contributed by atoms with E-state index in [1.54, 1.807) is 0 Å². The van der Waals surface area contributed by atoms with Crippen molar-refractivity contribution in [3.63, 3.8) is 0 Å². The Labute approximate surface area is 33.8 Å². The molecule has 6 heteroatoms. The summed E-state index contributed by atoms with van der Waals surface area (Å²) in [7, 11) is 4.00. The van der Waals surface area contributed by atoms with E-state index in [1.165, 1.54) is 0 Å². The van der Waals surface area contributed by atoms with Gasteiger partial charge in [0, 0.05) is 0 Å². The van der Waals surface area contributed by atoms with Crippen molar-refractivity contribution in [1.82, 2.24) is 0 Å². The maximum absolute atomic E-state index is 4.00. The second-order valence-electron chi connectivity index (χ2n) is 0. The van der Waals surface area contributed by atoms with Gasteiger partial charge in [-0.1, -0.05) is 0 Å². The molecule has 0 spiro atoms. The van der Waals surface area contributed by atoms with Gasteiger partial charge in [0.15, 0.2) is 7.98 Å². The molecule has 0 aromatic heterocycles. The molecule has 42 valence electrons. The Morgan fingerprint density at radius 2 is 0.667 bits per heavy atom. The maximum Gasteiger partial charge on any atom is 0.174 e. The highest BCUT2D eigenvalue weighted by molar-refractivity contribution is 6.02. The van der Waals surface area contributed by atoms with Crippen LogP contribution in [0.3, 0.4) is 0 Å². The zero-order chi connectivity index (χ0) is 2.00. The van der Waals surface area contributed by atoms with Gasteiger partial charge in [-0.3, -0.25) is 18.8 Å². The Morgan fingerprint density at radius 3 is 0.667 bits per heavy atom. The second kappa shape index (κ2) is 1020. The third-order valence-electron chi connectivity index (χ3n) is 0. The standard InChI is InChI=1S/BH2N.4FH/c1-2;;;;/h2H2;4*1H. The van der Waals surface area contributed by atoms with Crippen LogP contribution in [0.15, 0.2) is 0 Å². The molecule has 2 N–H and O–H groups in total. The Bertz CT molecular complexity index is 7.51. The SMILES string of the molecule is F.F.F.F.[B]N. The van der Waals surface area contributed by atoms with Crippen LogP contribution in [0.25, 0.3) is 0 Å². The molecule has 0 rings (SSSR count). The van der Waals surface area contributed by atoms with Gasteiger partial charge in [0.25, 0.3) is 0 Å². The van der Waals surface area contributed by atoms with Gasteiger partial charge in [-0.2, -0.15) is 0 Å². The molecule has 0 unspecified atom stereocenters. The average molecular weight is 107 g/mol. The highest BCUT2D eigenvalue weighted by atomic mass is 19.0. The first kappa shape index (κ1) is 233. The van der Waals surface area contributed by atoms with Gasteiger partial charge in [0.05, 0.1) is 0 Å². The van der Waals surface area contributed by atoms with E-state index in [0.717, 1.165) is 0 Å². The van der Waals surface area contributed by atoms with Crippen LogP contribution in [0, 0.1) is 0 Å². The fraction of sp³-hybridized carbons (Fsp3) is 0.